The molecule has 0 radical (unpaired) electrons. The third kappa shape index (κ3) is 3.80. The minimum absolute atomic E-state index is 0.142. The van der Waals surface area contributed by atoms with Gasteiger partial charge in [-0.2, -0.15) is 0 Å². The summed E-state index contributed by atoms with van der Waals surface area (Å²) in [6.07, 6.45) is 5.69. The number of benzene rings is 1. The van der Waals surface area contributed by atoms with Crippen LogP contribution in [0.1, 0.15) is 57.6 Å². The van der Waals surface area contributed by atoms with E-state index in [1.54, 1.807) is 6.07 Å². The van der Waals surface area contributed by atoms with E-state index in [1.807, 2.05) is 12.1 Å². The second kappa shape index (κ2) is 7.19. The molecule has 2 nitrogen and oxygen atoms in total. The fourth-order valence-electron chi connectivity index (χ4n) is 3.34. The summed E-state index contributed by atoms with van der Waals surface area (Å²) in [5.41, 5.74) is 7.09. The van der Waals surface area contributed by atoms with Gasteiger partial charge in [-0.05, 0) is 63.3 Å². The average Bonchev–Trinajstić information content (AvgIpc) is 2.45. The van der Waals surface area contributed by atoms with E-state index in [1.165, 1.54) is 18.9 Å². The Hall–Kier alpha value is -0.930. The Bertz CT molecular complexity index is 413. The first-order valence-electron chi connectivity index (χ1n) is 7.88. The number of halogens is 1. The van der Waals surface area contributed by atoms with E-state index < -0.39 is 0 Å². The first-order chi connectivity index (χ1) is 9.61. The lowest BCUT2D eigenvalue weighted by atomic mass is 9.89. The number of nitrogens with zero attached hydrogens (tertiary/aromatic N) is 1. The zero-order valence-corrected chi connectivity index (χ0v) is 12.7. The average molecular weight is 278 g/mol. The molecule has 112 valence electrons. The van der Waals surface area contributed by atoms with Crippen LogP contribution < -0.4 is 5.73 Å². The van der Waals surface area contributed by atoms with Gasteiger partial charge in [0.15, 0.2) is 0 Å². The summed E-state index contributed by atoms with van der Waals surface area (Å²) >= 11 is 0. The Balaban J connectivity index is 2.11. The van der Waals surface area contributed by atoms with Crippen LogP contribution in [0.2, 0.25) is 0 Å². The molecule has 0 heterocycles. The minimum atomic E-state index is -0.142. The molecule has 1 atom stereocenters. The van der Waals surface area contributed by atoms with E-state index in [0.717, 1.165) is 31.4 Å². The van der Waals surface area contributed by atoms with Crippen molar-refractivity contribution in [2.75, 3.05) is 6.54 Å². The standard InChI is InChI=1S/C17H27FN2/c1-3-11-20(17-9-7-16(19)8-10-17)13(2)14-5-4-6-15(18)12-14/h4-6,12-13,16-17H,3,7-11,19H2,1-2H3. The molecule has 1 saturated carbocycles. The molecule has 1 aliphatic rings. The predicted molar refractivity (Wildman–Crippen MR) is 82.0 cm³/mol. The third-order valence-electron chi connectivity index (χ3n) is 4.52. The third-order valence-corrected chi connectivity index (χ3v) is 4.52. The van der Waals surface area contributed by atoms with Gasteiger partial charge in [-0.25, -0.2) is 4.39 Å². The molecule has 20 heavy (non-hydrogen) atoms. The summed E-state index contributed by atoms with van der Waals surface area (Å²) in [5, 5.41) is 0. The van der Waals surface area contributed by atoms with Gasteiger partial charge in [-0.1, -0.05) is 19.1 Å². The fraction of sp³-hybridized carbons (Fsp3) is 0.647. The van der Waals surface area contributed by atoms with Crippen molar-refractivity contribution < 1.29 is 4.39 Å². The Labute approximate surface area is 122 Å². The second-order valence-corrected chi connectivity index (χ2v) is 6.04. The van der Waals surface area contributed by atoms with Crippen LogP contribution in [0.4, 0.5) is 4.39 Å². The molecule has 0 amide bonds. The van der Waals surface area contributed by atoms with E-state index in [4.69, 9.17) is 5.73 Å². The van der Waals surface area contributed by atoms with Crippen LogP contribution >= 0.6 is 0 Å². The van der Waals surface area contributed by atoms with Crippen LogP contribution in [0.5, 0.6) is 0 Å². The number of hydrogen-bond donors (Lipinski definition) is 1. The minimum Gasteiger partial charge on any atom is -0.328 e. The highest BCUT2D eigenvalue weighted by Gasteiger charge is 2.27. The van der Waals surface area contributed by atoms with Gasteiger partial charge in [0.2, 0.25) is 0 Å². The van der Waals surface area contributed by atoms with Crippen molar-refractivity contribution in [1.29, 1.82) is 0 Å². The first-order valence-corrected chi connectivity index (χ1v) is 7.88. The van der Waals surface area contributed by atoms with Crippen molar-refractivity contribution in [2.45, 2.75) is 64.1 Å². The van der Waals surface area contributed by atoms with Crippen LogP contribution in [0.25, 0.3) is 0 Å². The van der Waals surface area contributed by atoms with Crippen LogP contribution in [-0.4, -0.2) is 23.5 Å². The number of hydrogen-bond acceptors (Lipinski definition) is 2. The molecule has 1 aromatic carbocycles. The molecule has 1 unspecified atom stereocenters. The van der Waals surface area contributed by atoms with Gasteiger partial charge in [0.05, 0.1) is 0 Å². The Kier molecular flexibility index (Phi) is 5.55. The molecule has 1 aromatic rings. The first kappa shape index (κ1) is 15.5. The molecular formula is C17H27FN2. The van der Waals surface area contributed by atoms with Gasteiger partial charge >= 0.3 is 0 Å². The van der Waals surface area contributed by atoms with Crippen molar-refractivity contribution in [3.63, 3.8) is 0 Å². The maximum Gasteiger partial charge on any atom is 0.123 e. The van der Waals surface area contributed by atoms with Crippen molar-refractivity contribution in [2.24, 2.45) is 5.73 Å². The maximum absolute atomic E-state index is 13.4. The summed E-state index contributed by atoms with van der Waals surface area (Å²) in [5.74, 6) is -0.142. The molecule has 3 heteroatoms. The lowest BCUT2D eigenvalue weighted by Crippen LogP contribution is -2.42. The monoisotopic (exact) mass is 278 g/mol. The van der Waals surface area contributed by atoms with Crippen molar-refractivity contribution in [3.8, 4) is 0 Å². The zero-order valence-electron chi connectivity index (χ0n) is 12.7. The normalized spacial score (nSPS) is 24.9. The molecule has 2 rings (SSSR count). The molecule has 0 spiro atoms. The Morgan fingerprint density at radius 3 is 2.60 bits per heavy atom. The molecule has 1 aliphatic carbocycles. The smallest absolute Gasteiger partial charge is 0.123 e. The lowest BCUT2D eigenvalue weighted by molar-refractivity contribution is 0.107. The second-order valence-electron chi connectivity index (χ2n) is 6.04. The lowest BCUT2D eigenvalue weighted by Gasteiger charge is -2.40. The Morgan fingerprint density at radius 2 is 2.00 bits per heavy atom. The van der Waals surface area contributed by atoms with E-state index in [0.29, 0.717) is 12.1 Å². The van der Waals surface area contributed by atoms with Crippen molar-refractivity contribution in [1.82, 2.24) is 4.90 Å². The maximum atomic E-state index is 13.4. The van der Waals surface area contributed by atoms with Crippen LogP contribution in [0, 0.1) is 5.82 Å². The van der Waals surface area contributed by atoms with Crippen molar-refractivity contribution in [3.05, 3.63) is 35.6 Å². The van der Waals surface area contributed by atoms with E-state index in [2.05, 4.69) is 18.7 Å². The van der Waals surface area contributed by atoms with E-state index in [9.17, 15) is 4.39 Å². The van der Waals surface area contributed by atoms with Gasteiger partial charge in [-0.15, -0.1) is 0 Å². The summed E-state index contributed by atoms with van der Waals surface area (Å²) in [4.78, 5) is 2.54. The van der Waals surface area contributed by atoms with E-state index in [-0.39, 0.29) is 11.9 Å². The summed E-state index contributed by atoms with van der Waals surface area (Å²) in [6, 6.07) is 8.26. The summed E-state index contributed by atoms with van der Waals surface area (Å²) in [7, 11) is 0. The molecule has 1 fully saturated rings. The highest BCUT2D eigenvalue weighted by Crippen LogP contribution is 2.30. The van der Waals surface area contributed by atoms with Crippen molar-refractivity contribution >= 4 is 0 Å². The Morgan fingerprint density at radius 1 is 1.30 bits per heavy atom. The molecule has 0 aromatic heterocycles. The van der Waals surface area contributed by atoms with Gasteiger partial charge in [0.1, 0.15) is 5.82 Å². The highest BCUT2D eigenvalue weighted by atomic mass is 19.1. The quantitative estimate of drug-likeness (QED) is 0.886. The fourth-order valence-corrected chi connectivity index (χ4v) is 3.34. The zero-order chi connectivity index (χ0) is 14.5. The largest absolute Gasteiger partial charge is 0.328 e. The van der Waals surface area contributed by atoms with E-state index >= 15 is 0 Å². The van der Waals surface area contributed by atoms with Crippen LogP contribution in [-0.2, 0) is 0 Å². The molecule has 2 N–H and O–H groups in total. The number of nitrogens with two attached hydrogens (primary N) is 1. The van der Waals surface area contributed by atoms with Gasteiger partial charge < -0.3 is 5.73 Å². The van der Waals surface area contributed by atoms with Gasteiger partial charge in [0, 0.05) is 18.1 Å². The number of rotatable bonds is 5. The topological polar surface area (TPSA) is 29.3 Å². The SMILES string of the molecule is CCCN(C1CCC(N)CC1)C(C)c1cccc(F)c1. The summed E-state index contributed by atoms with van der Waals surface area (Å²) < 4.78 is 13.4. The molecular weight excluding hydrogens is 251 g/mol. The molecule has 0 saturated heterocycles. The van der Waals surface area contributed by atoms with Crippen LogP contribution in [0.3, 0.4) is 0 Å². The molecule has 0 aliphatic heterocycles. The summed E-state index contributed by atoms with van der Waals surface area (Å²) in [6.45, 7) is 5.47. The predicted octanol–water partition coefficient (Wildman–Crippen LogP) is 3.87. The van der Waals surface area contributed by atoms with Gasteiger partial charge in [-0.3, -0.25) is 4.90 Å². The van der Waals surface area contributed by atoms with Gasteiger partial charge in [0.25, 0.3) is 0 Å². The highest BCUT2D eigenvalue weighted by molar-refractivity contribution is 5.20. The molecule has 0 bridgehead atoms. The van der Waals surface area contributed by atoms with Crippen LogP contribution in [0.15, 0.2) is 24.3 Å².